The molecule has 0 fully saturated rings. The van der Waals surface area contributed by atoms with E-state index in [1.54, 1.807) is 0 Å². The Kier molecular flexibility index (Phi) is 2.45. The Morgan fingerprint density at radius 2 is 2.21 bits per heavy atom. The maximum Gasteiger partial charge on any atom is 0.314 e. The van der Waals surface area contributed by atoms with Gasteiger partial charge in [-0.25, -0.2) is 9.50 Å². The Bertz CT molecular complexity index is 847. The smallest absolute Gasteiger partial charge is 0.271 e. The molecule has 9 nitrogen and oxygen atoms in total. The largest absolute Gasteiger partial charge is 0.314 e. The van der Waals surface area contributed by atoms with Gasteiger partial charge >= 0.3 is 5.69 Å². The van der Waals surface area contributed by atoms with E-state index in [0.717, 1.165) is 6.20 Å². The Morgan fingerprint density at radius 1 is 1.42 bits per heavy atom. The average molecular weight is 325 g/mol. The molecule has 0 aliphatic carbocycles. The second-order valence-corrected chi connectivity index (χ2v) is 4.47. The van der Waals surface area contributed by atoms with E-state index in [4.69, 9.17) is 0 Å². The first-order chi connectivity index (χ1) is 9.08. The molecule has 0 bridgehead atoms. The van der Waals surface area contributed by atoms with Gasteiger partial charge in [0.1, 0.15) is 16.4 Å². The predicted octanol–water partition coefficient (Wildman–Crippen LogP) is 1.08. The number of nitrogens with zero attached hydrogens (tertiary/aromatic N) is 4. The monoisotopic (exact) mass is 324 g/mol. The van der Waals surface area contributed by atoms with Crippen LogP contribution >= 0.6 is 15.9 Å². The number of fused-ring (bicyclic) bond motifs is 1. The minimum atomic E-state index is -0.544. The molecule has 3 aromatic rings. The fraction of sp³-hybridized carbons (Fsp3) is 0. The third-order valence-corrected chi connectivity index (χ3v) is 3.26. The van der Waals surface area contributed by atoms with Crippen molar-refractivity contribution >= 4 is 27.3 Å². The number of H-pyrrole nitrogens is 2. The number of halogens is 1. The van der Waals surface area contributed by atoms with Crippen LogP contribution in [0, 0.1) is 10.1 Å². The van der Waals surface area contributed by atoms with Crippen molar-refractivity contribution in [3.8, 4) is 11.3 Å². The van der Waals surface area contributed by atoms with Gasteiger partial charge in [-0.05, 0) is 15.9 Å². The summed E-state index contributed by atoms with van der Waals surface area (Å²) in [6, 6.07) is 0. The number of hydrogen-bond acceptors (Lipinski definition) is 5. The molecular formula is C9H5BrN6O3. The van der Waals surface area contributed by atoms with Gasteiger partial charge in [0.15, 0.2) is 5.65 Å². The van der Waals surface area contributed by atoms with Crippen molar-refractivity contribution in [2.45, 2.75) is 0 Å². The molecule has 10 heteroatoms. The summed E-state index contributed by atoms with van der Waals surface area (Å²) in [5.41, 5.74) is 0.579. The Morgan fingerprint density at radius 3 is 2.95 bits per heavy atom. The van der Waals surface area contributed by atoms with Crippen molar-refractivity contribution in [1.82, 2.24) is 24.8 Å². The molecule has 3 aromatic heterocycles. The zero-order valence-electron chi connectivity index (χ0n) is 9.12. The lowest BCUT2D eigenvalue weighted by molar-refractivity contribution is -0.384. The van der Waals surface area contributed by atoms with Crippen molar-refractivity contribution in [2.24, 2.45) is 0 Å². The molecular weight excluding hydrogens is 320 g/mol. The van der Waals surface area contributed by atoms with Crippen molar-refractivity contribution < 1.29 is 4.92 Å². The van der Waals surface area contributed by atoms with Gasteiger partial charge in [-0.1, -0.05) is 0 Å². The maximum absolute atomic E-state index is 11.4. The van der Waals surface area contributed by atoms with Crippen LogP contribution in [0.25, 0.3) is 16.9 Å². The SMILES string of the molecule is O=c1[nH]n2cc(-c3[nH]ncc3[N+](=O)[O-])cnc2c1Br. The molecule has 3 rings (SSSR count). The van der Waals surface area contributed by atoms with Crippen molar-refractivity contribution in [2.75, 3.05) is 0 Å². The van der Waals surface area contributed by atoms with Gasteiger partial charge in [-0.15, -0.1) is 0 Å². The van der Waals surface area contributed by atoms with Crippen LogP contribution in [-0.4, -0.2) is 29.7 Å². The summed E-state index contributed by atoms with van der Waals surface area (Å²) in [5.74, 6) is 0. The third-order valence-electron chi connectivity index (χ3n) is 2.54. The van der Waals surface area contributed by atoms with Crippen LogP contribution in [0.4, 0.5) is 5.69 Å². The van der Waals surface area contributed by atoms with Gasteiger partial charge in [0.05, 0.1) is 4.92 Å². The van der Waals surface area contributed by atoms with E-state index in [9.17, 15) is 14.9 Å². The Hall–Kier alpha value is -2.49. The lowest BCUT2D eigenvalue weighted by Crippen LogP contribution is -2.00. The number of aromatic nitrogens is 5. The summed E-state index contributed by atoms with van der Waals surface area (Å²) < 4.78 is 1.69. The van der Waals surface area contributed by atoms with Crippen LogP contribution in [-0.2, 0) is 0 Å². The normalized spacial score (nSPS) is 11.0. The highest BCUT2D eigenvalue weighted by molar-refractivity contribution is 9.10. The molecule has 0 amide bonds. The van der Waals surface area contributed by atoms with Gasteiger partial charge in [-0.2, -0.15) is 5.10 Å². The number of rotatable bonds is 2. The van der Waals surface area contributed by atoms with Crippen LogP contribution in [0.2, 0.25) is 0 Å². The second-order valence-electron chi connectivity index (χ2n) is 3.68. The van der Waals surface area contributed by atoms with E-state index in [1.807, 2.05) is 0 Å². The molecule has 2 N–H and O–H groups in total. The molecule has 0 spiro atoms. The van der Waals surface area contributed by atoms with E-state index in [2.05, 4.69) is 36.2 Å². The molecule has 3 heterocycles. The lowest BCUT2D eigenvalue weighted by atomic mass is 10.2. The Labute approximate surface area is 112 Å². The first-order valence-electron chi connectivity index (χ1n) is 5.02. The molecule has 19 heavy (non-hydrogen) atoms. The van der Waals surface area contributed by atoms with Crippen LogP contribution in [0.1, 0.15) is 0 Å². The third kappa shape index (κ3) is 1.73. The zero-order chi connectivity index (χ0) is 13.6. The number of hydrogen-bond donors (Lipinski definition) is 2. The van der Waals surface area contributed by atoms with Crippen molar-refractivity contribution in [3.63, 3.8) is 0 Å². The summed E-state index contributed by atoms with van der Waals surface area (Å²) in [6.07, 6.45) is 4.07. The highest BCUT2D eigenvalue weighted by atomic mass is 79.9. The highest BCUT2D eigenvalue weighted by Crippen LogP contribution is 2.26. The molecule has 0 atom stereocenters. The molecule has 0 unspecified atom stereocenters. The van der Waals surface area contributed by atoms with Gasteiger partial charge in [0, 0.05) is 18.0 Å². The lowest BCUT2D eigenvalue weighted by Gasteiger charge is -1.99. The minimum absolute atomic E-state index is 0.158. The van der Waals surface area contributed by atoms with Gasteiger partial charge in [0.25, 0.3) is 5.56 Å². The minimum Gasteiger partial charge on any atom is -0.271 e. The van der Waals surface area contributed by atoms with Gasteiger partial charge in [0.2, 0.25) is 0 Å². The highest BCUT2D eigenvalue weighted by Gasteiger charge is 2.19. The molecule has 0 saturated heterocycles. The number of nitrogens with one attached hydrogen (secondary N) is 2. The van der Waals surface area contributed by atoms with Gasteiger partial charge in [-0.3, -0.25) is 25.1 Å². The standard InChI is InChI=1S/C9H5BrN6O3/c10-6-8-11-1-4(3-15(8)14-9(6)17)7-5(16(18)19)2-12-13-7/h1-3H,(H,12,13)(H,14,17). The van der Waals surface area contributed by atoms with E-state index in [-0.39, 0.29) is 16.9 Å². The Balaban J connectivity index is 2.23. The quantitative estimate of drug-likeness (QED) is 0.539. The van der Waals surface area contributed by atoms with Crippen molar-refractivity contribution in [1.29, 1.82) is 0 Å². The first kappa shape index (κ1) is 11.6. The maximum atomic E-state index is 11.4. The van der Waals surface area contributed by atoms with Crippen LogP contribution in [0.15, 0.2) is 27.9 Å². The summed E-state index contributed by atoms with van der Waals surface area (Å²) in [4.78, 5) is 25.8. The summed E-state index contributed by atoms with van der Waals surface area (Å²) in [7, 11) is 0. The van der Waals surface area contributed by atoms with E-state index in [1.165, 1.54) is 16.9 Å². The first-order valence-corrected chi connectivity index (χ1v) is 5.81. The molecule has 0 aromatic carbocycles. The second kappa shape index (κ2) is 4.02. The van der Waals surface area contributed by atoms with Crippen LogP contribution in [0.5, 0.6) is 0 Å². The number of nitro groups is 1. The molecule has 0 radical (unpaired) electrons. The number of aromatic amines is 2. The predicted molar refractivity (Wildman–Crippen MR) is 67.7 cm³/mol. The summed E-state index contributed by atoms with van der Waals surface area (Å²) in [6.45, 7) is 0. The molecule has 96 valence electrons. The van der Waals surface area contributed by atoms with Crippen LogP contribution < -0.4 is 5.56 Å². The molecule has 0 aliphatic heterocycles. The van der Waals surface area contributed by atoms with Crippen molar-refractivity contribution in [3.05, 3.63) is 43.5 Å². The topological polar surface area (TPSA) is 122 Å². The van der Waals surface area contributed by atoms with E-state index < -0.39 is 4.92 Å². The molecule has 0 saturated carbocycles. The van der Waals surface area contributed by atoms with E-state index >= 15 is 0 Å². The van der Waals surface area contributed by atoms with Crippen LogP contribution in [0.3, 0.4) is 0 Å². The average Bonchev–Trinajstić information content (AvgIpc) is 2.95. The van der Waals surface area contributed by atoms with E-state index in [0.29, 0.717) is 15.7 Å². The van der Waals surface area contributed by atoms with Gasteiger partial charge < -0.3 is 0 Å². The fourth-order valence-corrected chi connectivity index (χ4v) is 2.08. The summed E-state index contributed by atoms with van der Waals surface area (Å²) in [5, 5.41) is 19.5. The molecule has 0 aliphatic rings. The fourth-order valence-electron chi connectivity index (χ4n) is 1.69. The summed E-state index contributed by atoms with van der Waals surface area (Å²) >= 11 is 3.11. The zero-order valence-corrected chi connectivity index (χ0v) is 10.7.